The van der Waals surface area contributed by atoms with Crippen LogP contribution in [-0.4, -0.2) is 34.5 Å². The van der Waals surface area contributed by atoms with Gasteiger partial charge in [-0.05, 0) is 44.3 Å². The molecule has 0 saturated heterocycles. The van der Waals surface area contributed by atoms with Crippen molar-refractivity contribution in [1.82, 2.24) is 14.9 Å². The summed E-state index contributed by atoms with van der Waals surface area (Å²) in [6, 6.07) is 18.3. The second-order valence-corrected chi connectivity index (χ2v) is 6.91. The summed E-state index contributed by atoms with van der Waals surface area (Å²) in [5.74, 6) is 1.32. The van der Waals surface area contributed by atoms with Crippen LogP contribution in [0.2, 0.25) is 0 Å². The van der Waals surface area contributed by atoms with E-state index in [4.69, 9.17) is 20.1 Å². The molecule has 0 bridgehead atoms. The van der Waals surface area contributed by atoms with Gasteiger partial charge in [0, 0.05) is 10.8 Å². The predicted molar refractivity (Wildman–Crippen MR) is 114 cm³/mol. The first-order valence-electron chi connectivity index (χ1n) is 9.94. The number of aromatic nitrogens is 2. The third-order valence-electron chi connectivity index (χ3n) is 5.29. The molecule has 0 amide bonds. The number of benzene rings is 2. The molecule has 2 aromatic carbocycles. The Balaban J connectivity index is 1.91. The molecule has 0 aliphatic rings. The van der Waals surface area contributed by atoms with Gasteiger partial charge < -0.3 is 10.2 Å². The Hall–Kier alpha value is -2.76. The van der Waals surface area contributed by atoms with E-state index in [0.29, 0.717) is 18.1 Å². The van der Waals surface area contributed by atoms with E-state index < -0.39 is 0 Å². The van der Waals surface area contributed by atoms with Crippen LogP contribution in [0.25, 0.3) is 33.5 Å². The largest absolute Gasteiger partial charge is 0.453 e. The van der Waals surface area contributed by atoms with Crippen molar-refractivity contribution in [2.24, 2.45) is 5.73 Å². The second-order valence-electron chi connectivity index (χ2n) is 6.91. The molecule has 2 heterocycles. The van der Waals surface area contributed by atoms with Gasteiger partial charge in [0.15, 0.2) is 11.6 Å². The molecule has 1 unspecified atom stereocenters. The number of rotatable bonds is 7. The van der Waals surface area contributed by atoms with Crippen LogP contribution >= 0.6 is 0 Å². The lowest BCUT2D eigenvalue weighted by molar-refractivity contribution is 0.207. The first kappa shape index (κ1) is 18.6. The highest BCUT2D eigenvalue weighted by molar-refractivity contribution is 5.85. The monoisotopic (exact) mass is 374 g/mol. The molecule has 0 spiro atoms. The second kappa shape index (κ2) is 8.09. The van der Waals surface area contributed by atoms with Crippen molar-refractivity contribution in [3.63, 3.8) is 0 Å². The summed E-state index contributed by atoms with van der Waals surface area (Å²) in [6.07, 6.45) is 0.849. The SMILES string of the molecule is CCN(CC)C(CCN)c1nc(-c2cc3ccccc3o2)nc2ccccc12. The third kappa shape index (κ3) is 3.39. The summed E-state index contributed by atoms with van der Waals surface area (Å²) >= 11 is 0. The molecule has 0 saturated carbocycles. The topological polar surface area (TPSA) is 68.2 Å². The molecule has 2 N–H and O–H groups in total. The molecule has 0 radical (unpaired) electrons. The Labute approximate surface area is 165 Å². The number of furan rings is 1. The molecule has 144 valence electrons. The zero-order chi connectivity index (χ0) is 19.5. The fourth-order valence-corrected chi connectivity index (χ4v) is 3.87. The Morgan fingerprint density at radius 3 is 2.50 bits per heavy atom. The summed E-state index contributed by atoms with van der Waals surface area (Å²) in [5.41, 5.74) is 8.77. The van der Waals surface area contributed by atoms with Gasteiger partial charge >= 0.3 is 0 Å². The number of para-hydroxylation sites is 2. The van der Waals surface area contributed by atoms with Crippen LogP contribution in [0.15, 0.2) is 59.0 Å². The number of fused-ring (bicyclic) bond motifs is 2. The molecule has 2 aromatic heterocycles. The van der Waals surface area contributed by atoms with E-state index in [0.717, 1.165) is 47.1 Å². The van der Waals surface area contributed by atoms with Crippen LogP contribution in [0, 0.1) is 0 Å². The average Bonchev–Trinajstić information content (AvgIpc) is 3.17. The van der Waals surface area contributed by atoms with E-state index >= 15 is 0 Å². The van der Waals surface area contributed by atoms with Gasteiger partial charge in [-0.25, -0.2) is 9.97 Å². The summed E-state index contributed by atoms with van der Waals surface area (Å²) in [5, 5.41) is 2.13. The maximum Gasteiger partial charge on any atom is 0.196 e. The normalized spacial score (nSPS) is 12.9. The average molecular weight is 374 g/mol. The molecular formula is C23H26N4O. The van der Waals surface area contributed by atoms with Gasteiger partial charge in [-0.3, -0.25) is 4.90 Å². The van der Waals surface area contributed by atoms with Gasteiger partial charge in [-0.15, -0.1) is 0 Å². The third-order valence-corrected chi connectivity index (χ3v) is 5.29. The van der Waals surface area contributed by atoms with Gasteiger partial charge in [0.2, 0.25) is 0 Å². The lowest BCUT2D eigenvalue weighted by atomic mass is 10.0. The highest BCUT2D eigenvalue weighted by atomic mass is 16.3. The Morgan fingerprint density at radius 1 is 1.00 bits per heavy atom. The summed E-state index contributed by atoms with van der Waals surface area (Å²) in [6.45, 7) is 6.85. The highest BCUT2D eigenvalue weighted by Crippen LogP contribution is 2.32. The van der Waals surface area contributed by atoms with Crippen molar-refractivity contribution < 1.29 is 4.42 Å². The van der Waals surface area contributed by atoms with Gasteiger partial charge in [0.1, 0.15) is 5.58 Å². The zero-order valence-electron chi connectivity index (χ0n) is 16.4. The molecule has 5 heteroatoms. The predicted octanol–water partition coefficient (Wildman–Crippen LogP) is 4.77. The van der Waals surface area contributed by atoms with Crippen molar-refractivity contribution in [3.05, 3.63) is 60.3 Å². The van der Waals surface area contributed by atoms with Crippen molar-refractivity contribution in [2.45, 2.75) is 26.3 Å². The Kier molecular flexibility index (Phi) is 5.37. The quantitative estimate of drug-likeness (QED) is 0.504. The molecule has 0 aliphatic carbocycles. The summed E-state index contributed by atoms with van der Waals surface area (Å²) in [4.78, 5) is 12.2. The molecule has 4 aromatic rings. The van der Waals surface area contributed by atoms with Gasteiger partial charge in [0.05, 0.1) is 17.3 Å². The van der Waals surface area contributed by atoms with E-state index in [1.54, 1.807) is 0 Å². The minimum atomic E-state index is 0.149. The van der Waals surface area contributed by atoms with Gasteiger partial charge in [0.25, 0.3) is 0 Å². The standard InChI is InChI=1S/C23H26N4O/c1-3-27(4-2)19(13-14-24)22-17-10-6-7-11-18(17)25-23(26-22)21-15-16-9-5-8-12-20(16)28-21/h5-12,15,19H,3-4,13-14,24H2,1-2H3. The minimum absolute atomic E-state index is 0.149. The van der Waals surface area contributed by atoms with Crippen LogP contribution < -0.4 is 5.73 Å². The first-order chi connectivity index (χ1) is 13.7. The fourth-order valence-electron chi connectivity index (χ4n) is 3.87. The first-order valence-corrected chi connectivity index (χ1v) is 9.94. The molecular weight excluding hydrogens is 348 g/mol. The van der Waals surface area contributed by atoms with E-state index in [2.05, 4.69) is 24.8 Å². The summed E-state index contributed by atoms with van der Waals surface area (Å²) in [7, 11) is 0. The fraction of sp³-hybridized carbons (Fsp3) is 0.304. The summed E-state index contributed by atoms with van der Waals surface area (Å²) < 4.78 is 6.05. The molecule has 5 nitrogen and oxygen atoms in total. The highest BCUT2D eigenvalue weighted by Gasteiger charge is 2.23. The minimum Gasteiger partial charge on any atom is -0.453 e. The maximum absolute atomic E-state index is 6.05. The van der Waals surface area contributed by atoms with E-state index in [9.17, 15) is 0 Å². The van der Waals surface area contributed by atoms with Crippen molar-refractivity contribution in [2.75, 3.05) is 19.6 Å². The van der Waals surface area contributed by atoms with Crippen LogP contribution in [0.3, 0.4) is 0 Å². The van der Waals surface area contributed by atoms with E-state index in [1.807, 2.05) is 48.5 Å². The van der Waals surface area contributed by atoms with Gasteiger partial charge in [-0.2, -0.15) is 0 Å². The smallest absolute Gasteiger partial charge is 0.196 e. The molecule has 0 fully saturated rings. The van der Waals surface area contributed by atoms with Gasteiger partial charge in [-0.1, -0.05) is 50.2 Å². The molecule has 4 rings (SSSR count). The number of nitrogens with zero attached hydrogens (tertiary/aromatic N) is 3. The van der Waals surface area contributed by atoms with Crippen LogP contribution in [0.1, 0.15) is 32.0 Å². The van der Waals surface area contributed by atoms with Crippen molar-refractivity contribution in [3.8, 4) is 11.6 Å². The van der Waals surface area contributed by atoms with Crippen molar-refractivity contribution in [1.29, 1.82) is 0 Å². The zero-order valence-corrected chi connectivity index (χ0v) is 16.4. The van der Waals surface area contributed by atoms with Crippen LogP contribution in [0.5, 0.6) is 0 Å². The number of hydrogen-bond acceptors (Lipinski definition) is 5. The molecule has 1 atom stereocenters. The molecule has 0 aliphatic heterocycles. The van der Waals surface area contributed by atoms with Crippen LogP contribution in [-0.2, 0) is 0 Å². The van der Waals surface area contributed by atoms with Crippen LogP contribution in [0.4, 0.5) is 0 Å². The lowest BCUT2D eigenvalue weighted by Gasteiger charge is -2.29. The maximum atomic E-state index is 6.05. The van der Waals surface area contributed by atoms with E-state index in [-0.39, 0.29) is 6.04 Å². The number of hydrogen-bond donors (Lipinski definition) is 1. The molecule has 28 heavy (non-hydrogen) atoms. The Morgan fingerprint density at radius 2 is 1.75 bits per heavy atom. The van der Waals surface area contributed by atoms with Crippen molar-refractivity contribution >= 4 is 21.9 Å². The van der Waals surface area contributed by atoms with E-state index in [1.165, 1.54) is 0 Å². The Bertz CT molecular complexity index is 1050. The number of nitrogens with two attached hydrogens (primary N) is 1. The lowest BCUT2D eigenvalue weighted by Crippen LogP contribution is -2.31.